The van der Waals surface area contributed by atoms with Crippen LogP contribution in [0.1, 0.15) is 12.5 Å². The summed E-state index contributed by atoms with van der Waals surface area (Å²) in [5.41, 5.74) is 1.16. The molecular formula is C20H19N3O4. The number of ether oxygens (including phenoxy) is 1. The number of carbonyl (C=O) groups excluding carboxylic acids is 2. The first-order chi connectivity index (χ1) is 13.0. The van der Waals surface area contributed by atoms with Crippen LogP contribution in [-0.4, -0.2) is 27.5 Å². The summed E-state index contributed by atoms with van der Waals surface area (Å²) in [6, 6.07) is 16.3. The third kappa shape index (κ3) is 4.58. The normalized spacial score (nSPS) is 11.7. The summed E-state index contributed by atoms with van der Waals surface area (Å²) < 4.78 is 6.30. The van der Waals surface area contributed by atoms with Crippen LogP contribution in [0.4, 0.5) is 0 Å². The molecule has 1 atom stereocenters. The zero-order chi connectivity index (χ0) is 19.2. The average Bonchev–Trinajstić information content (AvgIpc) is 2.69. The van der Waals surface area contributed by atoms with Crippen LogP contribution in [0.25, 0.3) is 10.9 Å². The molecule has 0 bridgehead atoms. The molecule has 0 saturated carbocycles. The summed E-state index contributed by atoms with van der Waals surface area (Å²) in [5.74, 6) is -1.09. The van der Waals surface area contributed by atoms with Crippen molar-refractivity contribution in [2.75, 3.05) is 0 Å². The number of carbonyl (C=O) groups is 2. The quantitative estimate of drug-likeness (QED) is 0.671. The molecule has 3 aromatic rings. The number of aromatic nitrogens is 2. The Labute approximate surface area is 155 Å². The summed E-state index contributed by atoms with van der Waals surface area (Å²) in [6.07, 6.45) is 0.330. The Hall–Kier alpha value is -3.48. The van der Waals surface area contributed by atoms with Gasteiger partial charge in [-0.3, -0.25) is 19.0 Å². The van der Waals surface area contributed by atoms with Crippen molar-refractivity contribution in [1.82, 2.24) is 14.9 Å². The van der Waals surface area contributed by atoms with E-state index in [4.69, 9.17) is 4.74 Å². The molecule has 2 aromatic carbocycles. The molecule has 1 aromatic heterocycles. The molecule has 1 amide bonds. The van der Waals surface area contributed by atoms with Crippen LogP contribution in [0.3, 0.4) is 0 Å². The van der Waals surface area contributed by atoms with Gasteiger partial charge >= 0.3 is 5.97 Å². The average molecular weight is 365 g/mol. The first-order valence-corrected chi connectivity index (χ1v) is 8.50. The van der Waals surface area contributed by atoms with Crippen molar-refractivity contribution in [3.8, 4) is 0 Å². The van der Waals surface area contributed by atoms with Crippen LogP contribution in [0, 0.1) is 0 Å². The fourth-order valence-electron chi connectivity index (χ4n) is 2.57. The Morgan fingerprint density at radius 1 is 1.11 bits per heavy atom. The van der Waals surface area contributed by atoms with Gasteiger partial charge in [-0.15, -0.1) is 0 Å². The molecule has 0 aliphatic heterocycles. The van der Waals surface area contributed by atoms with Gasteiger partial charge in [-0.1, -0.05) is 42.5 Å². The van der Waals surface area contributed by atoms with Gasteiger partial charge in [0.1, 0.15) is 6.54 Å². The van der Waals surface area contributed by atoms with Gasteiger partial charge in [0.25, 0.3) is 11.5 Å². The van der Waals surface area contributed by atoms with Gasteiger partial charge < -0.3 is 10.1 Å². The molecule has 0 unspecified atom stereocenters. The first kappa shape index (κ1) is 18.3. The Balaban J connectivity index is 1.58. The highest BCUT2D eigenvalue weighted by Gasteiger charge is 2.18. The predicted molar refractivity (Wildman–Crippen MR) is 99.8 cm³/mol. The fraction of sp³-hybridized carbons (Fsp3) is 0.200. The molecule has 0 spiro atoms. The second-order valence-corrected chi connectivity index (χ2v) is 6.03. The standard InChI is InChI=1S/C20H19N3O4/c1-14(19(25)21-11-15-7-3-2-4-8-15)27-18(24)12-23-13-22-17-10-6-5-9-16(17)20(23)26/h2-10,13-14H,11-12H2,1H3,(H,21,25)/t14-/m0/s1. The summed E-state index contributed by atoms with van der Waals surface area (Å²) in [5, 5.41) is 3.12. The number of rotatable bonds is 6. The number of esters is 1. The number of amides is 1. The van der Waals surface area contributed by atoms with Crippen molar-refractivity contribution in [2.45, 2.75) is 26.1 Å². The van der Waals surface area contributed by atoms with E-state index in [1.54, 1.807) is 24.3 Å². The van der Waals surface area contributed by atoms with E-state index in [1.807, 2.05) is 30.3 Å². The molecule has 1 heterocycles. The van der Waals surface area contributed by atoms with E-state index in [9.17, 15) is 14.4 Å². The molecule has 7 nitrogen and oxygen atoms in total. The third-order valence-electron chi connectivity index (χ3n) is 4.02. The van der Waals surface area contributed by atoms with Gasteiger partial charge in [0, 0.05) is 6.54 Å². The summed E-state index contributed by atoms with van der Waals surface area (Å²) in [7, 11) is 0. The van der Waals surface area contributed by atoms with Crippen molar-refractivity contribution in [3.05, 3.63) is 76.8 Å². The van der Waals surface area contributed by atoms with Gasteiger partial charge in [-0.2, -0.15) is 0 Å². The van der Waals surface area contributed by atoms with Gasteiger partial charge in [0.05, 0.1) is 17.2 Å². The third-order valence-corrected chi connectivity index (χ3v) is 4.02. The molecule has 0 saturated heterocycles. The lowest BCUT2D eigenvalue weighted by Gasteiger charge is -2.14. The summed E-state index contributed by atoms with van der Waals surface area (Å²) in [6.45, 7) is 1.52. The lowest BCUT2D eigenvalue weighted by molar-refractivity contribution is -0.155. The molecule has 1 N–H and O–H groups in total. The van der Waals surface area contributed by atoms with Gasteiger partial charge in [-0.25, -0.2) is 4.98 Å². The molecule has 0 aliphatic rings. The molecule has 3 rings (SSSR count). The SMILES string of the molecule is C[C@H](OC(=O)Cn1cnc2ccccc2c1=O)C(=O)NCc1ccccc1. The zero-order valence-corrected chi connectivity index (χ0v) is 14.8. The van der Waals surface area contributed by atoms with Crippen molar-refractivity contribution >= 4 is 22.8 Å². The Morgan fingerprint density at radius 3 is 2.59 bits per heavy atom. The minimum Gasteiger partial charge on any atom is -0.451 e. The smallest absolute Gasteiger partial charge is 0.326 e. The Kier molecular flexibility index (Phi) is 5.61. The van der Waals surface area contributed by atoms with E-state index in [0.29, 0.717) is 17.4 Å². The fourth-order valence-corrected chi connectivity index (χ4v) is 2.57. The largest absolute Gasteiger partial charge is 0.451 e. The number of nitrogens with one attached hydrogen (secondary N) is 1. The van der Waals surface area contributed by atoms with Crippen molar-refractivity contribution in [2.24, 2.45) is 0 Å². The van der Waals surface area contributed by atoms with Crippen LogP contribution in [0.2, 0.25) is 0 Å². The van der Waals surface area contributed by atoms with E-state index >= 15 is 0 Å². The number of fused-ring (bicyclic) bond motifs is 1. The maximum Gasteiger partial charge on any atom is 0.326 e. The number of benzene rings is 2. The highest BCUT2D eigenvalue weighted by atomic mass is 16.5. The van der Waals surface area contributed by atoms with Gasteiger partial charge in [0.2, 0.25) is 0 Å². The molecule has 0 fully saturated rings. The molecule has 138 valence electrons. The predicted octanol–water partition coefficient (Wildman–Crippen LogP) is 1.64. The lowest BCUT2D eigenvalue weighted by atomic mass is 10.2. The summed E-state index contributed by atoms with van der Waals surface area (Å²) >= 11 is 0. The maximum atomic E-state index is 12.4. The van der Waals surface area contributed by atoms with E-state index in [0.717, 1.165) is 5.56 Å². The van der Waals surface area contributed by atoms with E-state index in [2.05, 4.69) is 10.3 Å². The second kappa shape index (κ2) is 8.27. The summed E-state index contributed by atoms with van der Waals surface area (Å²) in [4.78, 5) is 40.7. The van der Waals surface area contributed by atoms with E-state index < -0.39 is 18.0 Å². The number of hydrogen-bond donors (Lipinski definition) is 1. The number of para-hydroxylation sites is 1. The topological polar surface area (TPSA) is 90.3 Å². The van der Waals surface area contributed by atoms with Crippen LogP contribution in [-0.2, 0) is 27.4 Å². The zero-order valence-electron chi connectivity index (χ0n) is 14.8. The Morgan fingerprint density at radius 2 is 1.81 bits per heavy atom. The van der Waals surface area contributed by atoms with E-state index in [1.165, 1.54) is 17.8 Å². The Bertz CT molecular complexity index is 1010. The number of nitrogens with zero attached hydrogens (tertiary/aromatic N) is 2. The maximum absolute atomic E-state index is 12.4. The van der Waals surface area contributed by atoms with Crippen LogP contribution in [0.15, 0.2) is 65.7 Å². The van der Waals surface area contributed by atoms with Crippen LogP contribution in [0.5, 0.6) is 0 Å². The first-order valence-electron chi connectivity index (χ1n) is 8.50. The molecule has 7 heteroatoms. The molecule has 0 radical (unpaired) electrons. The highest BCUT2D eigenvalue weighted by Crippen LogP contribution is 2.05. The molecular weight excluding hydrogens is 346 g/mol. The minimum absolute atomic E-state index is 0.313. The van der Waals surface area contributed by atoms with Crippen molar-refractivity contribution in [1.29, 1.82) is 0 Å². The van der Waals surface area contributed by atoms with Crippen molar-refractivity contribution < 1.29 is 14.3 Å². The lowest BCUT2D eigenvalue weighted by Crippen LogP contribution is -2.36. The monoisotopic (exact) mass is 365 g/mol. The molecule has 27 heavy (non-hydrogen) atoms. The van der Waals surface area contributed by atoms with Gasteiger partial charge in [-0.05, 0) is 24.6 Å². The van der Waals surface area contributed by atoms with Gasteiger partial charge in [0.15, 0.2) is 6.10 Å². The van der Waals surface area contributed by atoms with Crippen LogP contribution >= 0.6 is 0 Å². The highest BCUT2D eigenvalue weighted by molar-refractivity contribution is 5.83. The number of hydrogen-bond acceptors (Lipinski definition) is 5. The van der Waals surface area contributed by atoms with Crippen molar-refractivity contribution in [3.63, 3.8) is 0 Å². The van der Waals surface area contributed by atoms with Crippen LogP contribution < -0.4 is 10.9 Å². The van der Waals surface area contributed by atoms with E-state index in [-0.39, 0.29) is 12.1 Å². The minimum atomic E-state index is -0.967. The second-order valence-electron chi connectivity index (χ2n) is 6.03. The molecule has 0 aliphatic carbocycles.